The summed E-state index contributed by atoms with van der Waals surface area (Å²) in [6, 6.07) is 5.76. The Bertz CT molecular complexity index is 530. The molecule has 8 heteroatoms. The second-order valence-electron chi connectivity index (χ2n) is 4.99. The molecule has 1 rings (SSSR count). The third-order valence-electron chi connectivity index (χ3n) is 3.27. The maximum atomic E-state index is 11.3. The van der Waals surface area contributed by atoms with Crippen LogP contribution >= 0.6 is 0 Å². The molecule has 1 aromatic carbocycles. The van der Waals surface area contributed by atoms with E-state index in [9.17, 15) is 13.5 Å². The van der Waals surface area contributed by atoms with Crippen molar-refractivity contribution in [1.29, 1.82) is 0 Å². The smallest absolute Gasteiger partial charge is 0.175 e. The summed E-state index contributed by atoms with van der Waals surface area (Å²) in [5.41, 5.74) is -0.786. The van der Waals surface area contributed by atoms with Crippen molar-refractivity contribution in [3.63, 3.8) is 0 Å². The van der Waals surface area contributed by atoms with Gasteiger partial charge in [0.1, 0.15) is 0 Å². The van der Waals surface area contributed by atoms with Gasteiger partial charge in [-0.1, -0.05) is 12.1 Å². The van der Waals surface area contributed by atoms with E-state index in [0.717, 1.165) is 6.26 Å². The lowest BCUT2D eigenvalue weighted by atomic mass is 10.0. The van der Waals surface area contributed by atoms with Gasteiger partial charge in [0.25, 0.3) is 0 Å². The van der Waals surface area contributed by atoms with E-state index in [4.69, 9.17) is 15.3 Å². The quantitative estimate of drug-likeness (QED) is 0.392. The molecule has 0 aromatic heterocycles. The number of benzene rings is 1. The molecule has 120 valence electrons. The van der Waals surface area contributed by atoms with Gasteiger partial charge >= 0.3 is 0 Å². The van der Waals surface area contributed by atoms with Crippen LogP contribution in [0.5, 0.6) is 0 Å². The van der Waals surface area contributed by atoms with E-state index in [1.54, 1.807) is 0 Å². The van der Waals surface area contributed by atoms with Crippen molar-refractivity contribution in [2.24, 2.45) is 0 Å². The molecule has 1 aromatic rings. The number of aliphatic hydroxyl groups excluding tert-OH is 4. The summed E-state index contributed by atoms with van der Waals surface area (Å²) in [5, 5.41) is 40.2. The normalized spacial score (nSPS) is 14.1. The second kappa shape index (κ2) is 7.30. The zero-order valence-electron chi connectivity index (χ0n) is 11.7. The topological polar surface area (TPSA) is 127 Å². The Kier molecular flexibility index (Phi) is 6.26. The van der Waals surface area contributed by atoms with Crippen LogP contribution < -0.4 is 5.32 Å². The largest absolute Gasteiger partial charge is 0.394 e. The lowest BCUT2D eigenvalue weighted by Crippen LogP contribution is -2.55. The Hall–Kier alpha value is -1.03. The maximum Gasteiger partial charge on any atom is 0.175 e. The fraction of sp³-hybridized carbons (Fsp3) is 0.538. The molecule has 0 spiro atoms. The molecule has 0 bridgehead atoms. The lowest BCUT2D eigenvalue weighted by molar-refractivity contribution is 0.0322. The predicted octanol–water partition coefficient (Wildman–Crippen LogP) is -1.57. The molecule has 21 heavy (non-hydrogen) atoms. The SMILES string of the molecule is CS(=O)(=O)c1ccc(C(O)CNC(CO)(CO)CO)cc1. The number of aliphatic hydroxyl groups is 4. The van der Waals surface area contributed by atoms with E-state index in [0.29, 0.717) is 5.56 Å². The molecule has 0 aliphatic carbocycles. The van der Waals surface area contributed by atoms with Gasteiger partial charge in [-0.05, 0) is 17.7 Å². The van der Waals surface area contributed by atoms with Crippen LogP contribution in [0.3, 0.4) is 0 Å². The molecule has 0 heterocycles. The van der Waals surface area contributed by atoms with Gasteiger partial charge in [0.15, 0.2) is 9.84 Å². The van der Waals surface area contributed by atoms with E-state index in [2.05, 4.69) is 5.32 Å². The minimum absolute atomic E-state index is 0.0140. The summed E-state index contributed by atoms with van der Waals surface area (Å²) in [5.74, 6) is 0. The van der Waals surface area contributed by atoms with E-state index in [1.165, 1.54) is 24.3 Å². The predicted molar refractivity (Wildman–Crippen MR) is 76.5 cm³/mol. The van der Waals surface area contributed by atoms with Gasteiger partial charge in [-0.3, -0.25) is 0 Å². The highest BCUT2D eigenvalue weighted by Crippen LogP contribution is 2.16. The first-order valence-corrected chi connectivity index (χ1v) is 8.23. The van der Waals surface area contributed by atoms with E-state index >= 15 is 0 Å². The molecule has 0 aliphatic rings. The van der Waals surface area contributed by atoms with Gasteiger partial charge in [-0.2, -0.15) is 0 Å². The number of rotatable bonds is 8. The van der Waals surface area contributed by atoms with Crippen LogP contribution in [0, 0.1) is 0 Å². The van der Waals surface area contributed by atoms with E-state index in [1.807, 2.05) is 0 Å². The minimum Gasteiger partial charge on any atom is -0.394 e. The summed E-state index contributed by atoms with van der Waals surface area (Å²) < 4.78 is 22.7. The molecule has 0 aliphatic heterocycles. The zero-order chi connectivity index (χ0) is 16.1. The van der Waals surface area contributed by atoms with Gasteiger partial charge in [-0.15, -0.1) is 0 Å². The Labute approximate surface area is 123 Å². The molecule has 0 saturated carbocycles. The molecule has 7 nitrogen and oxygen atoms in total. The lowest BCUT2D eigenvalue weighted by Gasteiger charge is -2.30. The average molecular weight is 319 g/mol. The maximum absolute atomic E-state index is 11.3. The Morgan fingerprint density at radius 1 is 1.10 bits per heavy atom. The van der Waals surface area contributed by atoms with Crippen LogP contribution in [0.25, 0.3) is 0 Å². The fourth-order valence-corrected chi connectivity index (χ4v) is 2.32. The third kappa shape index (κ3) is 4.73. The Morgan fingerprint density at radius 2 is 1.57 bits per heavy atom. The van der Waals surface area contributed by atoms with E-state index < -0.39 is 41.3 Å². The first kappa shape index (κ1) is 18.0. The summed E-state index contributed by atoms with van der Waals surface area (Å²) in [6.45, 7) is -1.47. The van der Waals surface area contributed by atoms with Gasteiger partial charge in [0.05, 0.1) is 36.4 Å². The highest BCUT2D eigenvalue weighted by atomic mass is 32.2. The van der Waals surface area contributed by atoms with Crippen molar-refractivity contribution in [1.82, 2.24) is 5.32 Å². The molecule has 1 unspecified atom stereocenters. The van der Waals surface area contributed by atoms with Crippen LogP contribution in [-0.2, 0) is 9.84 Å². The Morgan fingerprint density at radius 3 is 1.95 bits per heavy atom. The summed E-state index contributed by atoms with van der Waals surface area (Å²) >= 11 is 0. The summed E-state index contributed by atoms with van der Waals surface area (Å²) in [4.78, 5) is 0.154. The van der Waals surface area contributed by atoms with Gasteiger partial charge in [-0.25, -0.2) is 8.42 Å². The van der Waals surface area contributed by atoms with Crippen molar-refractivity contribution in [2.45, 2.75) is 16.5 Å². The molecule has 5 N–H and O–H groups in total. The van der Waals surface area contributed by atoms with Crippen LogP contribution in [0.2, 0.25) is 0 Å². The average Bonchev–Trinajstić information content (AvgIpc) is 2.48. The van der Waals surface area contributed by atoms with Crippen LogP contribution in [0.15, 0.2) is 29.2 Å². The van der Waals surface area contributed by atoms with Crippen molar-refractivity contribution in [3.8, 4) is 0 Å². The Balaban J connectivity index is 2.74. The van der Waals surface area contributed by atoms with Gasteiger partial charge in [0, 0.05) is 12.8 Å². The number of nitrogens with one attached hydrogen (secondary N) is 1. The fourth-order valence-electron chi connectivity index (χ4n) is 1.69. The van der Waals surface area contributed by atoms with Crippen molar-refractivity contribution in [2.75, 3.05) is 32.6 Å². The van der Waals surface area contributed by atoms with Crippen molar-refractivity contribution >= 4 is 9.84 Å². The van der Waals surface area contributed by atoms with Crippen molar-refractivity contribution in [3.05, 3.63) is 29.8 Å². The number of sulfone groups is 1. The number of hydrogen-bond acceptors (Lipinski definition) is 7. The minimum atomic E-state index is -3.29. The van der Waals surface area contributed by atoms with E-state index in [-0.39, 0.29) is 11.4 Å². The first-order chi connectivity index (χ1) is 9.78. The molecule has 1 atom stereocenters. The van der Waals surface area contributed by atoms with Crippen molar-refractivity contribution < 1.29 is 28.8 Å². The summed E-state index contributed by atoms with van der Waals surface area (Å²) in [7, 11) is -3.29. The van der Waals surface area contributed by atoms with Gasteiger partial charge in [0.2, 0.25) is 0 Å². The standard InChI is InChI=1S/C13H21NO6S/c1-21(19,20)11-4-2-10(3-5-11)12(18)6-14-13(7-15,8-16)9-17/h2-5,12,14-18H,6-9H2,1H3. The summed E-state index contributed by atoms with van der Waals surface area (Å²) in [6.07, 6.45) is 0.126. The van der Waals surface area contributed by atoms with Crippen LogP contribution in [-0.4, -0.2) is 67.0 Å². The number of hydrogen-bond donors (Lipinski definition) is 5. The molecule has 0 fully saturated rings. The first-order valence-electron chi connectivity index (χ1n) is 6.34. The molecular formula is C13H21NO6S. The zero-order valence-corrected chi connectivity index (χ0v) is 12.5. The van der Waals surface area contributed by atoms with Crippen LogP contribution in [0.1, 0.15) is 11.7 Å². The molecular weight excluding hydrogens is 298 g/mol. The highest BCUT2D eigenvalue weighted by molar-refractivity contribution is 7.90. The van der Waals surface area contributed by atoms with Crippen LogP contribution in [0.4, 0.5) is 0 Å². The molecule has 0 saturated heterocycles. The second-order valence-corrected chi connectivity index (χ2v) is 7.01. The molecule has 0 amide bonds. The third-order valence-corrected chi connectivity index (χ3v) is 4.40. The van der Waals surface area contributed by atoms with Gasteiger partial charge < -0.3 is 25.7 Å². The molecule has 0 radical (unpaired) electrons. The number of β-amino-alcohol motifs (C(OH)–C–C–N with tert-alkyl or cyclic N) is 1. The monoisotopic (exact) mass is 319 g/mol. The highest BCUT2D eigenvalue weighted by Gasteiger charge is 2.28.